The zero-order chi connectivity index (χ0) is 28.1. The van der Waals surface area contributed by atoms with Crippen LogP contribution in [0.15, 0.2) is 36.7 Å². The molecule has 2 heterocycles. The lowest BCUT2D eigenvalue weighted by Gasteiger charge is -2.22. The van der Waals surface area contributed by atoms with Crippen molar-refractivity contribution in [2.45, 2.75) is 45.8 Å². The van der Waals surface area contributed by atoms with Crippen LogP contribution in [0.5, 0.6) is 23.1 Å². The van der Waals surface area contributed by atoms with E-state index in [2.05, 4.69) is 15.0 Å². The molecule has 0 unspecified atom stereocenters. The van der Waals surface area contributed by atoms with Gasteiger partial charge in [-0.25, -0.2) is 14.4 Å². The number of aromatic nitrogens is 3. The SMILES string of the molecule is CCN(CC)C(=O)C[C@H](O)C[C@H](O)COc1cc2ncnc(Oc3ccc4[nH]c(C)cc4c3F)c2cc1OC. The number of benzene rings is 2. The van der Waals surface area contributed by atoms with Gasteiger partial charge in [-0.1, -0.05) is 0 Å². The fraction of sp³-hybridized carbons (Fsp3) is 0.393. The number of H-pyrrole nitrogens is 1. The van der Waals surface area contributed by atoms with E-state index >= 15 is 4.39 Å². The highest BCUT2D eigenvalue weighted by molar-refractivity contribution is 5.87. The third-order valence-electron chi connectivity index (χ3n) is 6.43. The molecule has 4 aromatic rings. The van der Waals surface area contributed by atoms with Crippen LogP contribution in [-0.2, 0) is 4.79 Å². The largest absolute Gasteiger partial charge is 0.493 e. The van der Waals surface area contributed by atoms with Crippen molar-refractivity contribution >= 4 is 27.7 Å². The van der Waals surface area contributed by atoms with Gasteiger partial charge in [-0.3, -0.25) is 4.79 Å². The van der Waals surface area contributed by atoms with E-state index in [4.69, 9.17) is 14.2 Å². The summed E-state index contributed by atoms with van der Waals surface area (Å²) in [7, 11) is 1.46. The number of ether oxygens (including phenoxy) is 3. The number of nitrogens with zero attached hydrogens (tertiary/aromatic N) is 3. The average molecular weight is 541 g/mol. The van der Waals surface area contributed by atoms with Gasteiger partial charge in [-0.2, -0.15) is 0 Å². The lowest BCUT2D eigenvalue weighted by Crippen LogP contribution is -2.34. The maximum absolute atomic E-state index is 15.1. The second-order valence-electron chi connectivity index (χ2n) is 9.22. The molecule has 2 aromatic carbocycles. The standard InChI is InChI=1S/C28H33FN4O6/c1-5-33(6-2)26(36)11-17(34)10-18(35)14-38-25-13-22-20(12-24(25)37-4)28(31-15-30-22)39-23-8-7-21-19(27(23)29)9-16(3)32-21/h7-9,12-13,15,17-18,32,34-35H,5-6,10-11,14H2,1-4H3/t17-,18+/m1/s1. The van der Waals surface area contributed by atoms with E-state index in [1.54, 1.807) is 29.2 Å². The van der Waals surface area contributed by atoms with E-state index in [1.807, 2.05) is 20.8 Å². The van der Waals surface area contributed by atoms with E-state index in [-0.39, 0.29) is 37.0 Å². The highest BCUT2D eigenvalue weighted by Gasteiger charge is 2.21. The number of hydrogen-bond donors (Lipinski definition) is 3. The molecule has 0 fully saturated rings. The molecule has 0 radical (unpaired) electrons. The number of fused-ring (bicyclic) bond motifs is 2. The Morgan fingerprint density at radius 2 is 1.82 bits per heavy atom. The van der Waals surface area contributed by atoms with E-state index in [0.717, 1.165) is 5.69 Å². The zero-order valence-corrected chi connectivity index (χ0v) is 22.4. The molecule has 0 spiro atoms. The van der Waals surface area contributed by atoms with Crippen molar-refractivity contribution in [2.75, 3.05) is 26.8 Å². The van der Waals surface area contributed by atoms with Crippen LogP contribution in [0.1, 0.15) is 32.4 Å². The number of aliphatic hydroxyl groups is 2. The Hall–Kier alpha value is -3.96. The van der Waals surface area contributed by atoms with Crippen molar-refractivity contribution in [3.63, 3.8) is 0 Å². The predicted molar refractivity (Wildman–Crippen MR) is 144 cm³/mol. The first-order valence-corrected chi connectivity index (χ1v) is 12.8. The number of rotatable bonds is 12. The van der Waals surface area contributed by atoms with Crippen LogP contribution in [0, 0.1) is 12.7 Å². The summed E-state index contributed by atoms with van der Waals surface area (Å²) in [4.78, 5) is 25.4. The van der Waals surface area contributed by atoms with Crippen molar-refractivity contribution in [1.29, 1.82) is 0 Å². The quantitative estimate of drug-likeness (QED) is 0.245. The van der Waals surface area contributed by atoms with Gasteiger partial charge in [0.1, 0.15) is 12.9 Å². The number of halogens is 1. The fourth-order valence-electron chi connectivity index (χ4n) is 4.42. The smallest absolute Gasteiger partial charge is 0.230 e. The van der Waals surface area contributed by atoms with Crippen LogP contribution in [0.4, 0.5) is 4.39 Å². The van der Waals surface area contributed by atoms with E-state index < -0.39 is 18.0 Å². The van der Waals surface area contributed by atoms with Crippen molar-refractivity contribution in [3.8, 4) is 23.1 Å². The van der Waals surface area contributed by atoms with Crippen LogP contribution in [-0.4, -0.2) is 75.0 Å². The molecule has 0 aliphatic carbocycles. The molecule has 0 aliphatic heterocycles. The van der Waals surface area contributed by atoms with Gasteiger partial charge in [-0.15, -0.1) is 0 Å². The van der Waals surface area contributed by atoms with Crippen LogP contribution >= 0.6 is 0 Å². The van der Waals surface area contributed by atoms with E-state index in [1.165, 1.54) is 19.5 Å². The van der Waals surface area contributed by atoms with Gasteiger partial charge in [0.2, 0.25) is 11.8 Å². The summed E-state index contributed by atoms with van der Waals surface area (Å²) in [5, 5.41) is 21.5. The Kier molecular flexibility index (Phi) is 8.82. The topological polar surface area (TPSA) is 130 Å². The second-order valence-corrected chi connectivity index (χ2v) is 9.22. The Morgan fingerprint density at radius 3 is 2.54 bits per heavy atom. The predicted octanol–water partition coefficient (Wildman–Crippen LogP) is 4.11. The van der Waals surface area contributed by atoms with Gasteiger partial charge < -0.3 is 34.3 Å². The fourth-order valence-corrected chi connectivity index (χ4v) is 4.42. The molecule has 2 aromatic heterocycles. The molecule has 2 atom stereocenters. The summed E-state index contributed by atoms with van der Waals surface area (Å²) in [6.45, 7) is 6.56. The van der Waals surface area contributed by atoms with Gasteiger partial charge in [-0.05, 0) is 45.0 Å². The first-order valence-electron chi connectivity index (χ1n) is 12.8. The van der Waals surface area contributed by atoms with Gasteiger partial charge in [0, 0.05) is 42.2 Å². The van der Waals surface area contributed by atoms with Crippen LogP contribution in [0.25, 0.3) is 21.8 Å². The Labute approximate surface area is 225 Å². The molecule has 0 aliphatic rings. The molecule has 1 amide bonds. The Bertz CT molecular complexity index is 1460. The molecule has 3 N–H and O–H groups in total. The number of hydrogen-bond acceptors (Lipinski definition) is 8. The lowest BCUT2D eigenvalue weighted by molar-refractivity contribution is -0.133. The number of carbonyl (C=O) groups is 1. The maximum Gasteiger partial charge on any atom is 0.230 e. The summed E-state index contributed by atoms with van der Waals surface area (Å²) in [6.07, 6.45) is -0.834. The molecular weight excluding hydrogens is 507 g/mol. The number of amides is 1. The maximum atomic E-state index is 15.1. The van der Waals surface area contributed by atoms with E-state index in [9.17, 15) is 15.0 Å². The molecule has 208 valence electrons. The molecule has 0 saturated heterocycles. The molecule has 4 rings (SSSR count). The third-order valence-corrected chi connectivity index (χ3v) is 6.43. The van der Waals surface area contributed by atoms with E-state index in [0.29, 0.717) is 46.4 Å². The van der Waals surface area contributed by atoms with Crippen LogP contribution < -0.4 is 14.2 Å². The first-order chi connectivity index (χ1) is 18.7. The Balaban J connectivity index is 1.48. The number of aryl methyl sites for hydroxylation is 1. The van der Waals surface area contributed by atoms with Crippen molar-refractivity contribution in [1.82, 2.24) is 19.9 Å². The van der Waals surface area contributed by atoms with Crippen molar-refractivity contribution in [2.24, 2.45) is 0 Å². The average Bonchev–Trinajstić information content (AvgIpc) is 3.30. The Morgan fingerprint density at radius 1 is 1.05 bits per heavy atom. The van der Waals surface area contributed by atoms with Crippen LogP contribution in [0.3, 0.4) is 0 Å². The summed E-state index contributed by atoms with van der Waals surface area (Å²) in [5.41, 5.74) is 1.95. The summed E-state index contributed by atoms with van der Waals surface area (Å²) >= 11 is 0. The van der Waals surface area contributed by atoms with Gasteiger partial charge in [0.25, 0.3) is 0 Å². The normalized spacial score (nSPS) is 12.9. The summed E-state index contributed by atoms with van der Waals surface area (Å²) < 4.78 is 32.2. The minimum absolute atomic E-state index is 0.0157. The number of aromatic amines is 1. The summed E-state index contributed by atoms with van der Waals surface area (Å²) in [5.74, 6) is 0.1000. The highest BCUT2D eigenvalue weighted by Crippen LogP contribution is 2.37. The molecule has 39 heavy (non-hydrogen) atoms. The van der Waals surface area contributed by atoms with Crippen molar-refractivity contribution < 1.29 is 33.6 Å². The molecule has 11 heteroatoms. The number of aliphatic hydroxyl groups excluding tert-OH is 2. The zero-order valence-electron chi connectivity index (χ0n) is 22.4. The highest BCUT2D eigenvalue weighted by atomic mass is 19.1. The molecule has 0 saturated carbocycles. The summed E-state index contributed by atoms with van der Waals surface area (Å²) in [6, 6.07) is 8.18. The first kappa shape index (κ1) is 28.1. The monoisotopic (exact) mass is 540 g/mol. The van der Waals surface area contributed by atoms with Gasteiger partial charge in [0.05, 0.1) is 36.6 Å². The second kappa shape index (κ2) is 12.3. The van der Waals surface area contributed by atoms with Crippen LogP contribution in [0.2, 0.25) is 0 Å². The minimum Gasteiger partial charge on any atom is -0.493 e. The third kappa shape index (κ3) is 6.37. The lowest BCUT2D eigenvalue weighted by atomic mass is 10.1. The van der Waals surface area contributed by atoms with Gasteiger partial charge in [0.15, 0.2) is 23.1 Å². The van der Waals surface area contributed by atoms with Crippen molar-refractivity contribution in [3.05, 3.63) is 48.2 Å². The number of nitrogens with one attached hydrogen (secondary N) is 1. The molecule has 10 nitrogen and oxygen atoms in total. The van der Waals surface area contributed by atoms with Gasteiger partial charge >= 0.3 is 0 Å². The number of methoxy groups -OCH3 is 1. The molecule has 0 bridgehead atoms. The minimum atomic E-state index is -1.02. The molecular formula is C28H33FN4O6. The number of carbonyl (C=O) groups excluding carboxylic acids is 1.